The van der Waals surface area contributed by atoms with E-state index in [-0.39, 0.29) is 24.7 Å². The smallest absolute Gasteiger partial charge is 0.335 e. The van der Waals surface area contributed by atoms with E-state index in [9.17, 15) is 9.90 Å². The Kier molecular flexibility index (Phi) is 11.1. The lowest BCUT2D eigenvalue weighted by atomic mass is 9.97. The molecule has 6 nitrogen and oxygen atoms in total. The summed E-state index contributed by atoms with van der Waals surface area (Å²) in [6.45, 7) is 5.86. The molecule has 1 fully saturated rings. The van der Waals surface area contributed by atoms with E-state index in [4.69, 9.17) is 19.3 Å². The lowest BCUT2D eigenvalue weighted by Gasteiger charge is -2.33. The molecule has 6 heteroatoms. The van der Waals surface area contributed by atoms with Crippen molar-refractivity contribution >= 4 is 5.97 Å². The summed E-state index contributed by atoms with van der Waals surface area (Å²) in [4.78, 5) is 11.6. The van der Waals surface area contributed by atoms with Crippen LogP contribution in [0.15, 0.2) is 36.4 Å². The third-order valence-corrected chi connectivity index (χ3v) is 5.47. The van der Waals surface area contributed by atoms with Gasteiger partial charge in [0.15, 0.2) is 6.29 Å². The van der Waals surface area contributed by atoms with Crippen LogP contribution in [0.3, 0.4) is 0 Å². The highest BCUT2D eigenvalue weighted by Gasteiger charge is 2.30. The van der Waals surface area contributed by atoms with Crippen LogP contribution in [0.4, 0.5) is 0 Å². The monoisotopic (exact) mass is 420 g/mol. The van der Waals surface area contributed by atoms with E-state index < -0.39 is 24.8 Å². The van der Waals surface area contributed by atoms with Gasteiger partial charge in [0.2, 0.25) is 0 Å². The van der Waals surface area contributed by atoms with E-state index in [0.717, 1.165) is 6.42 Å². The molecule has 0 spiro atoms. The zero-order chi connectivity index (χ0) is 21.8. The Morgan fingerprint density at radius 3 is 2.40 bits per heavy atom. The van der Waals surface area contributed by atoms with E-state index in [1.165, 1.54) is 43.2 Å². The molecule has 1 heterocycles. The molecule has 0 radical (unpaired) electrons. The van der Waals surface area contributed by atoms with E-state index in [1.807, 2.05) is 0 Å². The van der Waals surface area contributed by atoms with Gasteiger partial charge in [-0.2, -0.15) is 0 Å². The molecule has 1 unspecified atom stereocenters. The average Bonchev–Trinajstić information content (AvgIpc) is 2.79. The quantitative estimate of drug-likeness (QED) is 0.289. The molecular weight excluding hydrogens is 384 g/mol. The lowest BCUT2D eigenvalue weighted by Crippen LogP contribution is -2.40. The molecule has 2 N–H and O–H groups in total. The highest BCUT2D eigenvalue weighted by Crippen LogP contribution is 2.26. The van der Waals surface area contributed by atoms with Crippen LogP contribution in [0.2, 0.25) is 0 Å². The first-order valence-corrected chi connectivity index (χ1v) is 11.0. The highest BCUT2D eigenvalue weighted by molar-refractivity contribution is 5.87. The zero-order valence-corrected chi connectivity index (χ0v) is 18.1. The number of ether oxygens (including phenoxy) is 3. The van der Waals surface area contributed by atoms with Crippen molar-refractivity contribution in [1.82, 2.24) is 0 Å². The molecule has 0 amide bonds. The number of esters is 1. The van der Waals surface area contributed by atoms with E-state index in [0.29, 0.717) is 13.2 Å². The summed E-state index contributed by atoms with van der Waals surface area (Å²) in [7, 11) is 0. The molecule has 30 heavy (non-hydrogen) atoms. The first kappa shape index (κ1) is 24.5. The Labute approximate surface area is 179 Å². The van der Waals surface area contributed by atoms with E-state index >= 15 is 0 Å². The van der Waals surface area contributed by atoms with Crippen LogP contribution in [0.1, 0.15) is 56.1 Å². The number of aryl methyl sites for hydroxylation is 1. The predicted octanol–water partition coefficient (Wildman–Crippen LogP) is 3.36. The second-order valence-corrected chi connectivity index (χ2v) is 7.94. The van der Waals surface area contributed by atoms with E-state index in [1.54, 1.807) is 0 Å². The number of rotatable bonds is 13. The van der Waals surface area contributed by atoms with Gasteiger partial charge in [-0.25, -0.2) is 4.79 Å². The van der Waals surface area contributed by atoms with Gasteiger partial charge in [0, 0.05) is 5.92 Å². The van der Waals surface area contributed by atoms with Crippen LogP contribution in [-0.4, -0.2) is 55.5 Å². The highest BCUT2D eigenvalue weighted by atomic mass is 16.7. The van der Waals surface area contributed by atoms with Gasteiger partial charge in [-0.1, -0.05) is 63.5 Å². The van der Waals surface area contributed by atoms with Crippen molar-refractivity contribution in [3.63, 3.8) is 0 Å². The molecule has 0 aliphatic carbocycles. The third kappa shape index (κ3) is 7.84. The van der Waals surface area contributed by atoms with Crippen molar-refractivity contribution in [2.75, 3.05) is 33.0 Å². The number of unbranched alkanes of at least 4 members (excludes halogenated alkanes) is 4. The molecule has 1 aliphatic rings. The minimum Gasteiger partial charge on any atom is -0.462 e. The van der Waals surface area contributed by atoms with Gasteiger partial charge >= 0.3 is 5.97 Å². The minimum atomic E-state index is -0.685. The molecule has 0 saturated carbocycles. The van der Waals surface area contributed by atoms with Crippen molar-refractivity contribution in [2.24, 2.45) is 5.92 Å². The van der Waals surface area contributed by atoms with Gasteiger partial charge in [-0.05, 0) is 24.0 Å². The van der Waals surface area contributed by atoms with Gasteiger partial charge in [0.25, 0.3) is 0 Å². The molecule has 1 aromatic carbocycles. The molecule has 1 atom stereocenters. The van der Waals surface area contributed by atoms with Crippen LogP contribution >= 0.6 is 0 Å². The van der Waals surface area contributed by atoms with Crippen molar-refractivity contribution in [3.05, 3.63) is 47.5 Å². The second kappa shape index (κ2) is 13.5. The topological polar surface area (TPSA) is 85.2 Å². The van der Waals surface area contributed by atoms with Crippen LogP contribution in [0, 0.1) is 5.92 Å². The number of aliphatic hydroxyl groups is 2. The van der Waals surface area contributed by atoms with Crippen molar-refractivity contribution in [1.29, 1.82) is 0 Å². The molecule has 2 rings (SSSR count). The molecule has 0 bridgehead atoms. The van der Waals surface area contributed by atoms with Gasteiger partial charge in [0.1, 0.15) is 6.61 Å². The van der Waals surface area contributed by atoms with Gasteiger partial charge in [0.05, 0.1) is 37.9 Å². The predicted molar refractivity (Wildman–Crippen MR) is 115 cm³/mol. The van der Waals surface area contributed by atoms with Crippen molar-refractivity contribution in [2.45, 2.75) is 57.7 Å². The molecule has 0 aromatic heterocycles. The van der Waals surface area contributed by atoms with Crippen LogP contribution < -0.4 is 0 Å². The number of benzene rings is 1. The number of aliphatic hydroxyl groups excluding tert-OH is 2. The lowest BCUT2D eigenvalue weighted by molar-refractivity contribution is -0.224. The largest absolute Gasteiger partial charge is 0.462 e. The molecule has 168 valence electrons. The van der Waals surface area contributed by atoms with Crippen molar-refractivity contribution < 1.29 is 29.2 Å². The van der Waals surface area contributed by atoms with E-state index in [2.05, 4.69) is 37.8 Å². The second-order valence-electron chi connectivity index (χ2n) is 7.94. The Bertz CT molecular complexity index is 634. The average molecular weight is 421 g/mol. The normalized spacial score (nSPS) is 20.0. The Morgan fingerprint density at radius 2 is 1.80 bits per heavy atom. The standard InChI is InChI=1S/C24H36O6/c1-3-4-5-6-7-8-19-9-11-20(12-10-19)22-16-29-24(30-17-22)21(14-26)15-28-23(27)18(2)13-25/h9-12,21-22,24-26H,2-8,13-17H2,1H3. The molecular formula is C24H36O6. The zero-order valence-electron chi connectivity index (χ0n) is 18.1. The summed E-state index contributed by atoms with van der Waals surface area (Å²) < 4.78 is 16.7. The fourth-order valence-electron chi connectivity index (χ4n) is 3.44. The molecule has 1 aliphatic heterocycles. The maximum atomic E-state index is 11.6. The summed E-state index contributed by atoms with van der Waals surface area (Å²) in [6.07, 6.45) is 6.90. The summed E-state index contributed by atoms with van der Waals surface area (Å²) in [5, 5.41) is 18.5. The fourth-order valence-corrected chi connectivity index (χ4v) is 3.44. The maximum absolute atomic E-state index is 11.6. The first-order chi connectivity index (χ1) is 14.6. The van der Waals surface area contributed by atoms with Gasteiger partial charge < -0.3 is 24.4 Å². The summed E-state index contributed by atoms with van der Waals surface area (Å²) in [5.41, 5.74) is 2.51. The summed E-state index contributed by atoms with van der Waals surface area (Å²) in [5.74, 6) is -1.04. The fraction of sp³-hybridized carbons (Fsp3) is 0.625. The Balaban J connectivity index is 1.76. The Morgan fingerprint density at radius 1 is 1.13 bits per heavy atom. The first-order valence-electron chi connectivity index (χ1n) is 11.0. The maximum Gasteiger partial charge on any atom is 0.335 e. The van der Waals surface area contributed by atoms with Crippen LogP contribution in [-0.2, 0) is 25.4 Å². The van der Waals surface area contributed by atoms with Crippen molar-refractivity contribution in [3.8, 4) is 0 Å². The SMILES string of the molecule is C=C(CO)C(=O)OCC(CO)C1OCC(c2ccc(CCCCCCC)cc2)CO1. The van der Waals surface area contributed by atoms with Crippen LogP contribution in [0.5, 0.6) is 0 Å². The third-order valence-electron chi connectivity index (χ3n) is 5.47. The number of carbonyl (C=O) groups is 1. The summed E-state index contributed by atoms with van der Waals surface area (Å²) >= 11 is 0. The molecule has 1 saturated heterocycles. The summed E-state index contributed by atoms with van der Waals surface area (Å²) in [6, 6.07) is 8.66. The Hall–Kier alpha value is -1.73. The molecule has 1 aromatic rings. The number of hydrogen-bond acceptors (Lipinski definition) is 6. The number of hydrogen-bond donors (Lipinski definition) is 2. The van der Waals surface area contributed by atoms with Crippen LogP contribution in [0.25, 0.3) is 0 Å². The minimum absolute atomic E-state index is 0.0263. The van der Waals surface area contributed by atoms with Gasteiger partial charge in [-0.3, -0.25) is 0 Å². The number of carbonyl (C=O) groups excluding carboxylic acids is 1. The van der Waals surface area contributed by atoms with Gasteiger partial charge in [-0.15, -0.1) is 0 Å².